The van der Waals surface area contributed by atoms with E-state index in [4.69, 9.17) is 9.47 Å². The van der Waals surface area contributed by atoms with Gasteiger partial charge in [0.15, 0.2) is 18.1 Å². The quantitative estimate of drug-likeness (QED) is 0.684. The molecule has 8 heteroatoms. The average molecular weight is 413 g/mol. The Bertz CT molecular complexity index is 705. The molecule has 0 aliphatic rings. The van der Waals surface area contributed by atoms with Gasteiger partial charge in [0.25, 0.3) is 11.8 Å². The summed E-state index contributed by atoms with van der Waals surface area (Å²) < 4.78 is 11.8. The van der Waals surface area contributed by atoms with E-state index in [1.165, 1.54) is 11.3 Å². The third-order valence-electron chi connectivity index (χ3n) is 2.78. The molecular weight excluding hydrogens is 396 g/mol. The van der Waals surface area contributed by atoms with Crippen molar-refractivity contribution in [1.82, 2.24) is 10.9 Å². The van der Waals surface area contributed by atoms with E-state index >= 15 is 0 Å². The summed E-state index contributed by atoms with van der Waals surface area (Å²) in [6.07, 6.45) is 0.875. The van der Waals surface area contributed by atoms with Gasteiger partial charge in [-0.1, -0.05) is 19.1 Å². The Morgan fingerprint density at radius 1 is 1.08 bits per heavy atom. The first-order chi connectivity index (χ1) is 11.6. The van der Waals surface area contributed by atoms with E-state index in [2.05, 4.69) is 26.8 Å². The maximum absolute atomic E-state index is 11.8. The van der Waals surface area contributed by atoms with E-state index in [1.807, 2.05) is 13.0 Å². The minimum atomic E-state index is -0.468. The summed E-state index contributed by atoms with van der Waals surface area (Å²) in [7, 11) is 0. The van der Waals surface area contributed by atoms with E-state index in [9.17, 15) is 9.59 Å². The number of para-hydroxylation sites is 2. The van der Waals surface area contributed by atoms with E-state index in [0.717, 1.165) is 10.2 Å². The van der Waals surface area contributed by atoms with Gasteiger partial charge in [0.1, 0.15) is 0 Å². The van der Waals surface area contributed by atoms with Crippen LogP contribution in [-0.2, 0) is 4.79 Å². The van der Waals surface area contributed by atoms with Gasteiger partial charge in [0.05, 0.1) is 15.3 Å². The van der Waals surface area contributed by atoms with Gasteiger partial charge in [-0.2, -0.15) is 0 Å². The van der Waals surface area contributed by atoms with Gasteiger partial charge in [-0.3, -0.25) is 20.4 Å². The van der Waals surface area contributed by atoms with Crippen LogP contribution in [0.1, 0.15) is 23.0 Å². The van der Waals surface area contributed by atoms with E-state index in [-0.39, 0.29) is 12.5 Å². The van der Waals surface area contributed by atoms with Crippen LogP contribution in [0, 0.1) is 0 Å². The normalized spacial score (nSPS) is 10.1. The van der Waals surface area contributed by atoms with Crippen molar-refractivity contribution in [2.24, 2.45) is 0 Å². The molecule has 0 fully saturated rings. The first-order valence-corrected chi connectivity index (χ1v) is 8.90. The predicted molar refractivity (Wildman–Crippen MR) is 95.4 cm³/mol. The van der Waals surface area contributed by atoms with Crippen molar-refractivity contribution in [3.63, 3.8) is 0 Å². The number of carbonyl (C=O) groups is 2. The summed E-state index contributed by atoms with van der Waals surface area (Å²) in [4.78, 5) is 24.1. The summed E-state index contributed by atoms with van der Waals surface area (Å²) in [5.41, 5.74) is 4.65. The highest BCUT2D eigenvalue weighted by atomic mass is 79.9. The van der Waals surface area contributed by atoms with Crippen molar-refractivity contribution in [3.05, 3.63) is 45.1 Å². The lowest BCUT2D eigenvalue weighted by molar-refractivity contribution is -0.123. The fourth-order valence-corrected chi connectivity index (χ4v) is 2.99. The van der Waals surface area contributed by atoms with Gasteiger partial charge < -0.3 is 9.47 Å². The Morgan fingerprint density at radius 3 is 2.42 bits per heavy atom. The molecule has 2 rings (SSSR count). The maximum atomic E-state index is 11.8. The zero-order chi connectivity index (χ0) is 17.4. The first kappa shape index (κ1) is 18.3. The summed E-state index contributed by atoms with van der Waals surface area (Å²) in [6, 6.07) is 10.5. The lowest BCUT2D eigenvalue weighted by atomic mass is 10.3. The van der Waals surface area contributed by atoms with Crippen molar-refractivity contribution >= 4 is 39.1 Å². The second-order valence-corrected chi connectivity index (χ2v) is 7.15. The third kappa shape index (κ3) is 5.54. The lowest BCUT2D eigenvalue weighted by Crippen LogP contribution is -2.43. The third-order valence-corrected chi connectivity index (χ3v) is 4.40. The standard InChI is InChI=1S/C16H17BrN2O4S/c1-2-9-22-11-5-3-4-6-12(11)23-10-15(20)18-19-16(21)13-7-8-14(17)24-13/h3-8H,2,9-10H2,1H3,(H,18,20)(H,19,21). The fourth-order valence-electron chi connectivity index (χ4n) is 1.70. The Morgan fingerprint density at radius 2 is 1.79 bits per heavy atom. The molecule has 128 valence electrons. The van der Waals surface area contributed by atoms with Gasteiger partial charge in [-0.25, -0.2) is 0 Å². The van der Waals surface area contributed by atoms with Crippen molar-refractivity contribution in [3.8, 4) is 11.5 Å². The highest BCUT2D eigenvalue weighted by molar-refractivity contribution is 9.11. The van der Waals surface area contributed by atoms with Gasteiger partial charge >= 0.3 is 0 Å². The number of carbonyl (C=O) groups excluding carboxylic acids is 2. The molecule has 0 aliphatic heterocycles. The molecule has 24 heavy (non-hydrogen) atoms. The van der Waals surface area contributed by atoms with Gasteiger partial charge in [0.2, 0.25) is 0 Å². The molecule has 0 radical (unpaired) electrons. The minimum Gasteiger partial charge on any atom is -0.490 e. The van der Waals surface area contributed by atoms with Gasteiger partial charge in [0, 0.05) is 0 Å². The van der Waals surface area contributed by atoms with Gasteiger partial charge in [-0.15, -0.1) is 11.3 Å². The van der Waals surface area contributed by atoms with E-state index in [0.29, 0.717) is 23.0 Å². The monoisotopic (exact) mass is 412 g/mol. The molecule has 2 N–H and O–H groups in total. The van der Waals surface area contributed by atoms with Crippen LogP contribution in [0.5, 0.6) is 11.5 Å². The number of rotatable bonds is 7. The van der Waals surface area contributed by atoms with Crippen LogP contribution in [0.15, 0.2) is 40.2 Å². The zero-order valence-corrected chi connectivity index (χ0v) is 15.4. The highest BCUT2D eigenvalue weighted by Crippen LogP contribution is 2.26. The molecule has 0 saturated heterocycles. The Kier molecular flexibility index (Phi) is 7.07. The van der Waals surface area contributed by atoms with Crippen LogP contribution in [0.2, 0.25) is 0 Å². The second-order valence-electron chi connectivity index (χ2n) is 4.69. The largest absolute Gasteiger partial charge is 0.490 e. The van der Waals surface area contributed by atoms with Crippen molar-refractivity contribution in [2.45, 2.75) is 13.3 Å². The molecule has 6 nitrogen and oxygen atoms in total. The van der Waals surface area contributed by atoms with Crippen molar-refractivity contribution in [2.75, 3.05) is 13.2 Å². The van der Waals surface area contributed by atoms with Gasteiger partial charge in [-0.05, 0) is 46.6 Å². The minimum absolute atomic E-state index is 0.235. The smallest absolute Gasteiger partial charge is 0.279 e. The van der Waals surface area contributed by atoms with Crippen LogP contribution in [0.25, 0.3) is 0 Å². The topological polar surface area (TPSA) is 76.7 Å². The Labute approximate surface area is 152 Å². The summed E-state index contributed by atoms with van der Waals surface area (Å²) in [5.74, 6) is 0.212. The molecule has 0 saturated carbocycles. The number of thiophene rings is 1. The fraction of sp³-hybridized carbons (Fsp3) is 0.250. The first-order valence-electron chi connectivity index (χ1n) is 7.29. The molecule has 1 heterocycles. The number of hydrogen-bond acceptors (Lipinski definition) is 5. The molecule has 0 atom stereocenters. The number of hydrogen-bond donors (Lipinski definition) is 2. The molecule has 1 aromatic carbocycles. The number of benzene rings is 1. The molecule has 0 spiro atoms. The molecule has 2 aromatic rings. The molecular formula is C16H17BrN2O4S. The van der Waals surface area contributed by atoms with Crippen LogP contribution in [0.4, 0.5) is 0 Å². The van der Waals surface area contributed by atoms with Crippen LogP contribution in [-0.4, -0.2) is 25.0 Å². The molecule has 0 aliphatic carbocycles. The molecule has 2 amide bonds. The number of nitrogens with one attached hydrogen (secondary N) is 2. The summed E-state index contributed by atoms with van der Waals surface area (Å²) >= 11 is 4.55. The van der Waals surface area contributed by atoms with E-state index in [1.54, 1.807) is 30.3 Å². The average Bonchev–Trinajstić information content (AvgIpc) is 3.03. The SMILES string of the molecule is CCCOc1ccccc1OCC(=O)NNC(=O)c1ccc(Br)s1. The number of halogens is 1. The second kappa shape index (κ2) is 9.29. The lowest BCUT2D eigenvalue weighted by Gasteiger charge is -2.12. The molecule has 0 unspecified atom stereocenters. The van der Waals surface area contributed by atoms with Crippen molar-refractivity contribution in [1.29, 1.82) is 0 Å². The van der Waals surface area contributed by atoms with Crippen LogP contribution >= 0.6 is 27.3 Å². The Balaban J connectivity index is 1.80. The number of hydrazine groups is 1. The van der Waals surface area contributed by atoms with Crippen molar-refractivity contribution < 1.29 is 19.1 Å². The number of ether oxygens (including phenoxy) is 2. The zero-order valence-electron chi connectivity index (χ0n) is 13.0. The maximum Gasteiger partial charge on any atom is 0.279 e. The van der Waals surface area contributed by atoms with E-state index < -0.39 is 5.91 Å². The predicted octanol–water partition coefficient (Wildman–Crippen LogP) is 3.14. The summed E-state index contributed by atoms with van der Waals surface area (Å²) in [5, 5.41) is 0. The molecule has 0 bridgehead atoms. The molecule has 1 aromatic heterocycles. The number of amides is 2. The summed E-state index contributed by atoms with van der Waals surface area (Å²) in [6.45, 7) is 2.34. The Hall–Kier alpha value is -2.06. The van der Waals surface area contributed by atoms with Crippen LogP contribution < -0.4 is 20.3 Å². The highest BCUT2D eigenvalue weighted by Gasteiger charge is 2.11. The van der Waals surface area contributed by atoms with Crippen LogP contribution in [0.3, 0.4) is 0 Å².